The van der Waals surface area contributed by atoms with Crippen LogP contribution in [-0.4, -0.2) is 30.6 Å². The molecule has 1 saturated heterocycles. The Morgan fingerprint density at radius 3 is 2.56 bits per heavy atom. The highest BCUT2D eigenvalue weighted by molar-refractivity contribution is 5.48. The number of nitrogens with zero attached hydrogens (tertiary/aromatic N) is 1. The Hall–Kier alpha value is -1.12. The summed E-state index contributed by atoms with van der Waals surface area (Å²) in [4.78, 5) is 2.51. The van der Waals surface area contributed by atoms with Crippen LogP contribution in [0.1, 0.15) is 25.3 Å². The second kappa shape index (κ2) is 6.72. The van der Waals surface area contributed by atoms with Crippen LogP contribution in [0.3, 0.4) is 0 Å². The number of hydrogen-bond acceptors (Lipinski definition) is 2. The fourth-order valence-corrected chi connectivity index (χ4v) is 2.56. The summed E-state index contributed by atoms with van der Waals surface area (Å²) in [6.45, 7) is 5.56. The molecule has 0 radical (unpaired) electrons. The predicted molar refractivity (Wildman–Crippen MR) is 78.3 cm³/mol. The molecule has 0 aromatic heterocycles. The minimum Gasteiger partial charge on any atom is -0.328 e. The quantitative estimate of drug-likeness (QED) is 0.882. The molecule has 2 nitrogen and oxygen atoms in total. The fourth-order valence-electron chi connectivity index (χ4n) is 2.56. The highest BCUT2D eigenvalue weighted by atomic mass is 15.1. The van der Waals surface area contributed by atoms with Crippen LogP contribution in [-0.2, 0) is 0 Å². The maximum absolute atomic E-state index is 5.96. The summed E-state index contributed by atoms with van der Waals surface area (Å²) in [5.74, 6) is 0.722. The van der Waals surface area contributed by atoms with Crippen LogP contribution in [0.2, 0.25) is 0 Å². The highest BCUT2D eigenvalue weighted by Crippen LogP contribution is 2.19. The van der Waals surface area contributed by atoms with Crippen molar-refractivity contribution in [2.24, 2.45) is 11.7 Å². The van der Waals surface area contributed by atoms with Gasteiger partial charge in [-0.15, -0.1) is 0 Å². The molecule has 0 saturated carbocycles. The van der Waals surface area contributed by atoms with Gasteiger partial charge in [-0.05, 0) is 44.3 Å². The molecule has 1 aromatic carbocycles. The summed E-state index contributed by atoms with van der Waals surface area (Å²) in [5.41, 5.74) is 7.24. The summed E-state index contributed by atoms with van der Waals surface area (Å²) < 4.78 is 0. The van der Waals surface area contributed by atoms with Crippen LogP contribution >= 0.6 is 0 Å². The van der Waals surface area contributed by atoms with Gasteiger partial charge in [0.25, 0.3) is 0 Å². The normalized spacial score (nSPS) is 20.3. The summed E-state index contributed by atoms with van der Waals surface area (Å²) in [6.07, 6.45) is 6.97. The number of nitrogens with two attached hydrogens (primary N) is 1. The standard InChI is InChI=1S/C16H24N2/c1-14(17)16-9-12-18(13-10-16)11-5-8-15-6-3-2-4-7-15/h2-8,14,16H,9-13,17H2,1H3/b8-5+. The van der Waals surface area contributed by atoms with Gasteiger partial charge in [-0.1, -0.05) is 42.5 Å². The molecular weight excluding hydrogens is 220 g/mol. The molecule has 1 fully saturated rings. The van der Waals surface area contributed by atoms with Crippen molar-refractivity contribution in [3.05, 3.63) is 42.0 Å². The van der Waals surface area contributed by atoms with E-state index in [9.17, 15) is 0 Å². The first-order chi connectivity index (χ1) is 8.75. The zero-order chi connectivity index (χ0) is 12.8. The molecule has 1 heterocycles. The summed E-state index contributed by atoms with van der Waals surface area (Å²) in [7, 11) is 0. The first-order valence-corrected chi connectivity index (χ1v) is 6.95. The van der Waals surface area contributed by atoms with Crippen LogP contribution in [0.25, 0.3) is 6.08 Å². The molecule has 1 aliphatic heterocycles. The smallest absolute Gasteiger partial charge is 0.0166 e. The molecule has 18 heavy (non-hydrogen) atoms. The van der Waals surface area contributed by atoms with Crippen molar-refractivity contribution >= 4 is 6.08 Å². The Balaban J connectivity index is 1.74. The van der Waals surface area contributed by atoms with E-state index < -0.39 is 0 Å². The Labute approximate surface area is 110 Å². The van der Waals surface area contributed by atoms with E-state index in [-0.39, 0.29) is 0 Å². The van der Waals surface area contributed by atoms with Gasteiger partial charge in [-0.2, -0.15) is 0 Å². The van der Waals surface area contributed by atoms with Crippen molar-refractivity contribution < 1.29 is 0 Å². The lowest BCUT2D eigenvalue weighted by Gasteiger charge is -2.32. The predicted octanol–water partition coefficient (Wildman–Crippen LogP) is 2.76. The molecule has 0 bridgehead atoms. The minimum atomic E-state index is 0.354. The van der Waals surface area contributed by atoms with E-state index in [0.29, 0.717) is 6.04 Å². The zero-order valence-electron chi connectivity index (χ0n) is 11.3. The van der Waals surface area contributed by atoms with Crippen LogP contribution < -0.4 is 5.73 Å². The van der Waals surface area contributed by atoms with Crippen molar-refractivity contribution in [2.75, 3.05) is 19.6 Å². The molecule has 2 heteroatoms. The molecule has 2 rings (SSSR count). The number of rotatable bonds is 4. The molecule has 0 aliphatic carbocycles. The van der Waals surface area contributed by atoms with Crippen LogP contribution in [0.5, 0.6) is 0 Å². The van der Waals surface area contributed by atoms with Gasteiger partial charge in [0.05, 0.1) is 0 Å². The van der Waals surface area contributed by atoms with Crippen molar-refractivity contribution in [1.82, 2.24) is 4.90 Å². The topological polar surface area (TPSA) is 29.3 Å². The second-order valence-electron chi connectivity index (χ2n) is 5.31. The molecule has 1 atom stereocenters. The maximum atomic E-state index is 5.96. The van der Waals surface area contributed by atoms with Gasteiger partial charge in [0.2, 0.25) is 0 Å². The Morgan fingerprint density at radius 1 is 1.28 bits per heavy atom. The molecule has 1 aromatic rings. The number of likely N-dealkylation sites (tertiary alicyclic amines) is 1. The Bertz CT molecular complexity index is 362. The van der Waals surface area contributed by atoms with Gasteiger partial charge >= 0.3 is 0 Å². The molecular formula is C16H24N2. The number of hydrogen-bond donors (Lipinski definition) is 1. The van der Waals surface area contributed by atoms with Gasteiger partial charge in [-0.25, -0.2) is 0 Å². The lowest BCUT2D eigenvalue weighted by molar-refractivity contribution is 0.187. The SMILES string of the molecule is CC(N)C1CCN(C/C=C/c2ccccc2)CC1. The van der Waals surface area contributed by atoms with Crippen molar-refractivity contribution in [3.8, 4) is 0 Å². The van der Waals surface area contributed by atoms with E-state index in [1.807, 2.05) is 0 Å². The first kappa shape index (κ1) is 13.3. The van der Waals surface area contributed by atoms with Gasteiger partial charge in [0.1, 0.15) is 0 Å². The monoisotopic (exact) mass is 244 g/mol. The van der Waals surface area contributed by atoms with Crippen LogP contribution in [0.15, 0.2) is 36.4 Å². The van der Waals surface area contributed by atoms with E-state index in [1.165, 1.54) is 31.5 Å². The molecule has 98 valence electrons. The average molecular weight is 244 g/mol. The van der Waals surface area contributed by atoms with E-state index in [1.54, 1.807) is 0 Å². The van der Waals surface area contributed by atoms with Gasteiger partial charge < -0.3 is 5.73 Å². The third-order valence-electron chi connectivity index (χ3n) is 3.85. The number of piperidine rings is 1. The average Bonchev–Trinajstić information content (AvgIpc) is 2.40. The van der Waals surface area contributed by atoms with E-state index in [0.717, 1.165) is 12.5 Å². The van der Waals surface area contributed by atoms with Crippen molar-refractivity contribution in [1.29, 1.82) is 0 Å². The Kier molecular flexibility index (Phi) is 4.97. The van der Waals surface area contributed by atoms with Gasteiger partial charge in [-0.3, -0.25) is 4.90 Å². The van der Waals surface area contributed by atoms with Gasteiger partial charge in [0, 0.05) is 12.6 Å². The van der Waals surface area contributed by atoms with E-state index in [4.69, 9.17) is 5.73 Å². The van der Waals surface area contributed by atoms with Crippen LogP contribution in [0.4, 0.5) is 0 Å². The second-order valence-corrected chi connectivity index (χ2v) is 5.31. The minimum absolute atomic E-state index is 0.354. The van der Waals surface area contributed by atoms with E-state index >= 15 is 0 Å². The summed E-state index contributed by atoms with van der Waals surface area (Å²) in [5, 5.41) is 0. The first-order valence-electron chi connectivity index (χ1n) is 6.95. The molecule has 0 spiro atoms. The third-order valence-corrected chi connectivity index (χ3v) is 3.85. The van der Waals surface area contributed by atoms with Crippen molar-refractivity contribution in [2.45, 2.75) is 25.8 Å². The molecule has 0 amide bonds. The lowest BCUT2D eigenvalue weighted by atomic mass is 9.91. The van der Waals surface area contributed by atoms with Crippen molar-refractivity contribution in [3.63, 3.8) is 0 Å². The Morgan fingerprint density at radius 2 is 1.94 bits per heavy atom. The lowest BCUT2D eigenvalue weighted by Crippen LogP contribution is -2.39. The highest BCUT2D eigenvalue weighted by Gasteiger charge is 2.20. The fraction of sp³-hybridized carbons (Fsp3) is 0.500. The molecule has 1 aliphatic rings. The summed E-state index contributed by atoms with van der Waals surface area (Å²) >= 11 is 0. The van der Waals surface area contributed by atoms with Gasteiger partial charge in [0.15, 0.2) is 0 Å². The largest absolute Gasteiger partial charge is 0.328 e. The number of benzene rings is 1. The summed E-state index contributed by atoms with van der Waals surface area (Å²) in [6, 6.07) is 10.8. The molecule has 1 unspecified atom stereocenters. The maximum Gasteiger partial charge on any atom is 0.0166 e. The van der Waals surface area contributed by atoms with E-state index in [2.05, 4.69) is 54.3 Å². The van der Waals surface area contributed by atoms with Crippen LogP contribution in [0, 0.1) is 5.92 Å². The third kappa shape index (κ3) is 3.97. The zero-order valence-corrected chi connectivity index (χ0v) is 11.3. The molecule has 2 N–H and O–H groups in total.